The number of amides is 1. The minimum atomic E-state index is -4.53. The number of ether oxygens (including phenoxy) is 1. The number of benzene rings is 1. The van der Waals surface area contributed by atoms with Gasteiger partial charge in [0.15, 0.2) is 21.5 Å². The van der Waals surface area contributed by atoms with E-state index in [1.807, 2.05) is 4.90 Å². The molecule has 14 heteroatoms. The van der Waals surface area contributed by atoms with Gasteiger partial charge < -0.3 is 25.0 Å². The molecule has 3 atom stereocenters. The van der Waals surface area contributed by atoms with Gasteiger partial charge in [0.2, 0.25) is 5.75 Å². The minimum absolute atomic E-state index is 0.00780. The number of nitrogens with zero attached hydrogens (tertiary/aromatic N) is 4. The average molecular weight is 530 g/mol. The fourth-order valence-electron chi connectivity index (χ4n) is 4.61. The van der Waals surface area contributed by atoms with Gasteiger partial charge in [0, 0.05) is 30.6 Å². The lowest BCUT2D eigenvalue weighted by molar-refractivity contribution is -0.187. The quantitative estimate of drug-likeness (QED) is 0.598. The second kappa shape index (κ2) is 9.64. The normalized spacial score (nSPS) is 21.4. The molecule has 1 saturated heterocycles. The minimum Gasteiger partial charge on any atom is -0.485 e. The molecule has 2 N–H and O–H groups in total. The molecule has 4 rings (SSSR count). The Morgan fingerprint density at radius 3 is 2.53 bits per heavy atom. The van der Waals surface area contributed by atoms with E-state index in [4.69, 9.17) is 4.74 Å². The van der Waals surface area contributed by atoms with Crippen molar-refractivity contribution in [3.05, 3.63) is 30.6 Å². The van der Waals surface area contributed by atoms with Crippen molar-refractivity contribution < 1.29 is 36.2 Å². The van der Waals surface area contributed by atoms with Crippen molar-refractivity contribution in [3.63, 3.8) is 0 Å². The monoisotopic (exact) mass is 529 g/mol. The molecule has 3 heterocycles. The van der Waals surface area contributed by atoms with Crippen LogP contribution in [0.2, 0.25) is 0 Å². The fourth-order valence-corrected chi connectivity index (χ4v) is 5.24. The third kappa shape index (κ3) is 5.27. The number of hydrogen-bond donors (Lipinski definition) is 2. The van der Waals surface area contributed by atoms with Gasteiger partial charge in [0.25, 0.3) is 0 Å². The van der Waals surface area contributed by atoms with E-state index >= 15 is 0 Å². The van der Waals surface area contributed by atoms with Crippen LogP contribution >= 0.6 is 0 Å². The zero-order valence-corrected chi connectivity index (χ0v) is 20.4. The van der Waals surface area contributed by atoms with E-state index in [2.05, 4.69) is 15.3 Å². The molecule has 1 fully saturated rings. The van der Waals surface area contributed by atoms with Crippen LogP contribution in [0.5, 0.6) is 5.75 Å². The number of nitrogens with one attached hydrogen (secondary N) is 1. The third-order valence-electron chi connectivity index (χ3n) is 6.58. The van der Waals surface area contributed by atoms with Gasteiger partial charge in [-0.05, 0) is 37.1 Å². The summed E-state index contributed by atoms with van der Waals surface area (Å²) in [4.78, 5) is 23.1. The van der Waals surface area contributed by atoms with E-state index in [0.29, 0.717) is 36.0 Å². The summed E-state index contributed by atoms with van der Waals surface area (Å²) in [6.45, 7) is 1.59. The number of fused-ring (bicyclic) bond motifs is 1. The number of halogens is 3. The summed E-state index contributed by atoms with van der Waals surface area (Å²) in [5.41, 5.74) is 0.554. The van der Waals surface area contributed by atoms with Crippen LogP contribution in [0.25, 0.3) is 0 Å². The molecule has 196 valence electrons. The first-order chi connectivity index (χ1) is 16.9. The van der Waals surface area contributed by atoms with Gasteiger partial charge in [-0.1, -0.05) is 6.92 Å². The number of carbonyl (C=O) groups is 1. The standard InChI is InChI=1S/C22H26F3N5O5S/c1-13(22(23,24)25)17-11-15(7-8-30(17)21(31)32)29-9-10-35-18-19(26-12-27-20(18)29)28-14-3-5-16(6-4-14)36(2,33)34/h3-6,12-13,15,17H,7-11H2,1-2H3,(H,31,32)(H,26,27,28). The van der Waals surface area contributed by atoms with Gasteiger partial charge in [-0.15, -0.1) is 0 Å². The van der Waals surface area contributed by atoms with Gasteiger partial charge >= 0.3 is 12.3 Å². The highest BCUT2D eigenvalue weighted by atomic mass is 32.2. The van der Waals surface area contributed by atoms with Crippen LogP contribution < -0.4 is 15.0 Å². The molecule has 2 aliphatic heterocycles. The zero-order valence-electron chi connectivity index (χ0n) is 19.6. The number of hydrogen-bond acceptors (Lipinski definition) is 8. The molecule has 2 aliphatic rings. The van der Waals surface area contributed by atoms with Crippen molar-refractivity contribution in [1.29, 1.82) is 0 Å². The Hall–Kier alpha value is -3.29. The summed E-state index contributed by atoms with van der Waals surface area (Å²) in [5, 5.41) is 12.5. The summed E-state index contributed by atoms with van der Waals surface area (Å²) < 4.78 is 69.7. The summed E-state index contributed by atoms with van der Waals surface area (Å²) >= 11 is 0. The first kappa shape index (κ1) is 25.8. The largest absolute Gasteiger partial charge is 0.485 e. The molecule has 3 unspecified atom stereocenters. The van der Waals surface area contributed by atoms with E-state index in [9.17, 15) is 31.5 Å². The molecule has 0 spiro atoms. The molecule has 0 aliphatic carbocycles. The SMILES string of the molecule is CC(C1CC(N2CCOc3c(Nc4ccc(S(C)(=O)=O)cc4)ncnc32)CCN1C(=O)O)C(F)(F)F. The molecule has 1 amide bonds. The van der Waals surface area contributed by atoms with Gasteiger partial charge in [-0.25, -0.2) is 23.2 Å². The first-order valence-corrected chi connectivity index (χ1v) is 13.1. The van der Waals surface area contributed by atoms with Crippen LogP contribution in [0.4, 0.5) is 35.3 Å². The van der Waals surface area contributed by atoms with Crippen molar-refractivity contribution in [2.24, 2.45) is 5.92 Å². The molecule has 2 aromatic rings. The maximum atomic E-state index is 13.5. The molecule has 0 bridgehead atoms. The topological polar surface area (TPSA) is 125 Å². The predicted molar refractivity (Wildman–Crippen MR) is 124 cm³/mol. The summed E-state index contributed by atoms with van der Waals surface area (Å²) in [6, 6.07) is 4.47. The number of likely N-dealkylation sites (tertiary alicyclic amines) is 1. The van der Waals surface area contributed by atoms with Crippen LogP contribution in [-0.4, -0.2) is 78.7 Å². The van der Waals surface area contributed by atoms with E-state index < -0.39 is 34.1 Å². The number of alkyl halides is 3. The Balaban J connectivity index is 1.59. The Bertz CT molecular complexity index is 1230. The first-order valence-electron chi connectivity index (χ1n) is 11.2. The second-order valence-electron chi connectivity index (χ2n) is 8.89. The lowest BCUT2D eigenvalue weighted by Crippen LogP contribution is -2.57. The van der Waals surface area contributed by atoms with Gasteiger partial charge in [-0.3, -0.25) is 0 Å². The fraction of sp³-hybridized carbons (Fsp3) is 0.500. The zero-order chi connectivity index (χ0) is 26.3. The van der Waals surface area contributed by atoms with Gasteiger partial charge in [0.05, 0.1) is 17.4 Å². The molecule has 36 heavy (non-hydrogen) atoms. The van der Waals surface area contributed by atoms with Crippen molar-refractivity contribution in [2.75, 3.05) is 36.2 Å². The predicted octanol–water partition coefficient (Wildman–Crippen LogP) is 3.53. The average Bonchev–Trinajstić information content (AvgIpc) is 2.82. The Morgan fingerprint density at radius 2 is 1.92 bits per heavy atom. The number of aromatic nitrogens is 2. The molecule has 10 nitrogen and oxygen atoms in total. The van der Waals surface area contributed by atoms with Gasteiger partial charge in [-0.2, -0.15) is 13.2 Å². The summed E-state index contributed by atoms with van der Waals surface area (Å²) in [6.07, 6.45) is -3.16. The molecular weight excluding hydrogens is 503 g/mol. The third-order valence-corrected chi connectivity index (χ3v) is 7.71. The lowest BCUT2D eigenvalue weighted by atomic mass is 9.87. The molecular formula is C22H26F3N5O5S. The lowest BCUT2D eigenvalue weighted by Gasteiger charge is -2.46. The number of piperidine rings is 1. The highest BCUT2D eigenvalue weighted by molar-refractivity contribution is 7.90. The van der Waals surface area contributed by atoms with Crippen LogP contribution in [0.1, 0.15) is 19.8 Å². The van der Waals surface area contributed by atoms with Crippen LogP contribution in [-0.2, 0) is 9.84 Å². The van der Waals surface area contributed by atoms with Gasteiger partial charge in [0.1, 0.15) is 12.9 Å². The molecule has 1 aromatic heterocycles. The second-order valence-corrected chi connectivity index (χ2v) is 10.9. The maximum Gasteiger partial charge on any atom is 0.407 e. The Morgan fingerprint density at radius 1 is 1.22 bits per heavy atom. The number of rotatable bonds is 5. The smallest absolute Gasteiger partial charge is 0.407 e. The van der Waals surface area contributed by atoms with Crippen molar-refractivity contribution in [3.8, 4) is 5.75 Å². The van der Waals surface area contributed by atoms with Crippen molar-refractivity contribution in [2.45, 2.75) is 42.9 Å². The number of carboxylic acid groups (broad SMARTS) is 1. The Labute approximate surface area is 206 Å². The summed E-state index contributed by atoms with van der Waals surface area (Å²) in [5.74, 6) is -0.787. The highest BCUT2D eigenvalue weighted by Crippen LogP contribution is 2.41. The van der Waals surface area contributed by atoms with Crippen molar-refractivity contribution >= 4 is 33.3 Å². The van der Waals surface area contributed by atoms with E-state index in [1.165, 1.54) is 18.5 Å². The Kier molecular flexibility index (Phi) is 6.90. The van der Waals surface area contributed by atoms with Crippen LogP contribution in [0, 0.1) is 5.92 Å². The van der Waals surface area contributed by atoms with E-state index in [1.54, 1.807) is 12.1 Å². The van der Waals surface area contributed by atoms with E-state index in [0.717, 1.165) is 18.1 Å². The molecule has 1 aromatic carbocycles. The number of anilines is 3. The van der Waals surface area contributed by atoms with E-state index in [-0.39, 0.29) is 30.5 Å². The number of sulfone groups is 1. The van der Waals surface area contributed by atoms with Crippen molar-refractivity contribution in [1.82, 2.24) is 14.9 Å². The van der Waals surface area contributed by atoms with Crippen LogP contribution in [0.15, 0.2) is 35.5 Å². The van der Waals surface area contributed by atoms with Crippen LogP contribution in [0.3, 0.4) is 0 Å². The maximum absolute atomic E-state index is 13.5. The summed E-state index contributed by atoms with van der Waals surface area (Å²) in [7, 11) is -3.35. The molecule has 0 saturated carbocycles. The molecule has 0 radical (unpaired) electrons. The highest BCUT2D eigenvalue weighted by Gasteiger charge is 2.48.